The van der Waals surface area contributed by atoms with Crippen LogP contribution in [0.3, 0.4) is 0 Å². The number of halogens is 4. The van der Waals surface area contributed by atoms with E-state index in [1.165, 1.54) is 22.8 Å². The molecule has 1 aliphatic rings. The minimum absolute atomic E-state index is 0.0420. The van der Waals surface area contributed by atoms with E-state index in [1.807, 2.05) is 18.2 Å². The van der Waals surface area contributed by atoms with Gasteiger partial charge in [0, 0.05) is 10.4 Å². The zero-order valence-corrected chi connectivity index (χ0v) is 20.7. The second-order valence-corrected chi connectivity index (χ2v) is 10.2. The predicted molar refractivity (Wildman–Crippen MR) is 136 cm³/mol. The van der Waals surface area contributed by atoms with E-state index in [0.29, 0.717) is 21.6 Å². The summed E-state index contributed by atoms with van der Waals surface area (Å²) in [6.45, 7) is 1.52. The first-order valence-corrected chi connectivity index (χ1v) is 12.6. The highest BCUT2D eigenvalue weighted by Gasteiger charge is 2.32. The zero-order chi connectivity index (χ0) is 25.6. The number of amides is 1. The van der Waals surface area contributed by atoms with E-state index < -0.39 is 23.7 Å². The van der Waals surface area contributed by atoms with Gasteiger partial charge in [0.15, 0.2) is 0 Å². The van der Waals surface area contributed by atoms with Crippen molar-refractivity contribution in [2.75, 3.05) is 5.32 Å². The second kappa shape index (κ2) is 9.37. The Morgan fingerprint density at radius 2 is 1.86 bits per heavy atom. The van der Waals surface area contributed by atoms with Gasteiger partial charge in [-0.3, -0.25) is 14.2 Å². The van der Waals surface area contributed by atoms with Crippen molar-refractivity contribution in [3.63, 3.8) is 0 Å². The number of fused-ring (bicyclic) bond motifs is 3. The Morgan fingerprint density at radius 3 is 2.58 bits per heavy atom. The summed E-state index contributed by atoms with van der Waals surface area (Å²) in [5, 5.41) is 2.95. The number of aromatic nitrogens is 2. The van der Waals surface area contributed by atoms with Crippen molar-refractivity contribution < 1.29 is 18.0 Å². The zero-order valence-electron chi connectivity index (χ0n) is 19.2. The van der Waals surface area contributed by atoms with Gasteiger partial charge in [-0.1, -0.05) is 41.9 Å². The number of carbonyl (C=O) groups is 1. The largest absolute Gasteiger partial charge is 0.416 e. The molecule has 36 heavy (non-hydrogen) atoms. The van der Waals surface area contributed by atoms with E-state index >= 15 is 0 Å². The molecule has 0 saturated carbocycles. The van der Waals surface area contributed by atoms with Crippen LogP contribution in [-0.4, -0.2) is 15.5 Å². The second-order valence-electron chi connectivity index (χ2n) is 8.73. The van der Waals surface area contributed by atoms with Crippen molar-refractivity contribution in [3.8, 4) is 11.4 Å². The molecule has 0 aliphatic heterocycles. The summed E-state index contributed by atoms with van der Waals surface area (Å²) < 4.78 is 40.9. The van der Waals surface area contributed by atoms with Gasteiger partial charge in [0.1, 0.15) is 16.7 Å². The van der Waals surface area contributed by atoms with Gasteiger partial charge in [-0.2, -0.15) is 13.2 Å². The number of benzene rings is 2. The van der Waals surface area contributed by atoms with Crippen LogP contribution in [0.5, 0.6) is 0 Å². The summed E-state index contributed by atoms with van der Waals surface area (Å²) in [7, 11) is 0. The smallest absolute Gasteiger partial charge is 0.323 e. The van der Waals surface area contributed by atoms with Gasteiger partial charge in [0.25, 0.3) is 5.56 Å². The lowest BCUT2D eigenvalue weighted by molar-refractivity contribution is -0.137. The Kier molecular flexibility index (Phi) is 6.38. The van der Waals surface area contributed by atoms with Crippen LogP contribution < -0.4 is 10.9 Å². The summed E-state index contributed by atoms with van der Waals surface area (Å²) in [5.74, 6) is -0.356. The monoisotopic (exact) mass is 531 g/mol. The van der Waals surface area contributed by atoms with Gasteiger partial charge in [-0.15, -0.1) is 11.3 Å². The standard InChI is InChI=1S/C26H21ClF3N3O2S/c1-14(23(34)31-19-13-16(26(28,29)30)11-12-18(19)27)33-22(15-7-3-2-4-8-15)32-24-21(25(33)35)17-9-5-6-10-20(17)36-24/h2-4,7-8,11-14H,5-6,9-10H2,1H3,(H,31,34). The summed E-state index contributed by atoms with van der Waals surface area (Å²) in [6, 6.07) is 10.7. The van der Waals surface area contributed by atoms with Crippen LogP contribution in [0.25, 0.3) is 21.6 Å². The summed E-state index contributed by atoms with van der Waals surface area (Å²) >= 11 is 7.59. The fourth-order valence-electron chi connectivity index (χ4n) is 4.52. The molecule has 0 saturated heterocycles. The SMILES string of the molecule is CC(C(=O)Nc1cc(C(F)(F)F)ccc1Cl)n1c(-c2ccccc2)nc2sc3c(c2c1=O)CCCC3. The van der Waals surface area contributed by atoms with Gasteiger partial charge in [0.05, 0.1) is 21.7 Å². The fraction of sp³-hybridized carbons (Fsp3) is 0.269. The summed E-state index contributed by atoms with van der Waals surface area (Å²) in [5.41, 5.74) is 0.181. The molecule has 2 heterocycles. The molecule has 5 nitrogen and oxygen atoms in total. The van der Waals surface area contributed by atoms with Crippen LogP contribution in [0, 0.1) is 0 Å². The minimum Gasteiger partial charge on any atom is -0.323 e. The van der Waals surface area contributed by atoms with E-state index in [9.17, 15) is 22.8 Å². The first kappa shape index (κ1) is 24.5. The van der Waals surface area contributed by atoms with Crippen molar-refractivity contribution in [1.82, 2.24) is 9.55 Å². The minimum atomic E-state index is -4.60. The third-order valence-electron chi connectivity index (χ3n) is 6.37. The van der Waals surface area contributed by atoms with Crippen molar-refractivity contribution in [2.24, 2.45) is 0 Å². The highest BCUT2D eigenvalue weighted by molar-refractivity contribution is 7.18. The van der Waals surface area contributed by atoms with Crippen molar-refractivity contribution in [3.05, 3.63) is 79.9 Å². The van der Waals surface area contributed by atoms with Crippen LogP contribution >= 0.6 is 22.9 Å². The molecule has 0 fully saturated rings. The van der Waals surface area contributed by atoms with Gasteiger partial charge in [-0.25, -0.2) is 4.98 Å². The number of hydrogen-bond donors (Lipinski definition) is 1. The first-order chi connectivity index (χ1) is 17.1. The topological polar surface area (TPSA) is 64.0 Å². The summed E-state index contributed by atoms with van der Waals surface area (Å²) in [4.78, 5) is 33.8. The average Bonchev–Trinajstić information content (AvgIpc) is 3.23. The maximum absolute atomic E-state index is 13.9. The third-order valence-corrected chi connectivity index (χ3v) is 7.89. The number of nitrogens with one attached hydrogen (secondary N) is 1. The maximum atomic E-state index is 13.9. The molecule has 1 aliphatic carbocycles. The molecule has 5 rings (SSSR count). The molecule has 1 unspecified atom stereocenters. The Morgan fingerprint density at radius 1 is 1.14 bits per heavy atom. The Balaban J connectivity index is 1.62. The molecule has 2 aromatic heterocycles. The number of thiophene rings is 1. The number of rotatable bonds is 4. The van der Waals surface area contributed by atoms with Crippen LogP contribution in [-0.2, 0) is 23.8 Å². The van der Waals surface area contributed by atoms with E-state index in [4.69, 9.17) is 16.6 Å². The number of nitrogens with zero attached hydrogens (tertiary/aromatic N) is 2. The first-order valence-electron chi connectivity index (χ1n) is 11.4. The average molecular weight is 532 g/mol. The third kappa shape index (κ3) is 4.41. The van der Waals surface area contributed by atoms with E-state index in [1.54, 1.807) is 12.1 Å². The molecule has 0 radical (unpaired) electrons. The van der Waals surface area contributed by atoms with Gasteiger partial charge in [-0.05, 0) is 56.4 Å². The van der Waals surface area contributed by atoms with Gasteiger partial charge in [0.2, 0.25) is 5.91 Å². The Labute approximate surface area is 213 Å². The van der Waals surface area contributed by atoms with Crippen LogP contribution in [0.15, 0.2) is 53.3 Å². The molecule has 1 atom stereocenters. The lowest BCUT2D eigenvalue weighted by Gasteiger charge is -2.20. The van der Waals surface area contributed by atoms with Crippen LogP contribution in [0.4, 0.5) is 18.9 Å². The molecule has 0 spiro atoms. The molecular formula is C26H21ClF3N3O2S. The quantitative estimate of drug-likeness (QED) is 0.312. The van der Waals surface area contributed by atoms with E-state index in [0.717, 1.165) is 54.3 Å². The van der Waals surface area contributed by atoms with Crippen LogP contribution in [0.1, 0.15) is 41.8 Å². The molecule has 186 valence electrons. The number of alkyl halides is 3. The van der Waals surface area contributed by atoms with E-state index in [2.05, 4.69) is 5.32 Å². The summed E-state index contributed by atoms with van der Waals surface area (Å²) in [6.07, 6.45) is -0.906. The Bertz CT molecular complexity index is 1530. The molecule has 0 bridgehead atoms. The number of carbonyl (C=O) groups excluding carboxylic acids is 1. The highest BCUT2D eigenvalue weighted by atomic mass is 35.5. The highest BCUT2D eigenvalue weighted by Crippen LogP contribution is 2.36. The molecule has 1 N–H and O–H groups in total. The van der Waals surface area contributed by atoms with Crippen molar-refractivity contribution in [1.29, 1.82) is 0 Å². The molecule has 10 heteroatoms. The number of hydrogen-bond acceptors (Lipinski definition) is 4. The van der Waals surface area contributed by atoms with Gasteiger partial charge < -0.3 is 5.32 Å². The number of anilines is 1. The fourth-order valence-corrected chi connectivity index (χ4v) is 5.94. The molecule has 1 amide bonds. The predicted octanol–water partition coefficient (Wildman–Crippen LogP) is 6.88. The van der Waals surface area contributed by atoms with Gasteiger partial charge >= 0.3 is 6.18 Å². The van der Waals surface area contributed by atoms with Crippen molar-refractivity contribution >= 4 is 44.7 Å². The Hall–Kier alpha value is -3.17. The van der Waals surface area contributed by atoms with E-state index in [-0.39, 0.29) is 16.3 Å². The normalized spacial score (nSPS) is 14.5. The number of aryl methyl sites for hydroxylation is 2. The maximum Gasteiger partial charge on any atom is 0.416 e. The molecule has 4 aromatic rings. The lowest BCUT2D eigenvalue weighted by Crippen LogP contribution is -2.33. The van der Waals surface area contributed by atoms with Crippen LogP contribution in [0.2, 0.25) is 5.02 Å². The molecular weight excluding hydrogens is 511 g/mol. The lowest BCUT2D eigenvalue weighted by atomic mass is 9.97. The van der Waals surface area contributed by atoms with Crippen molar-refractivity contribution in [2.45, 2.75) is 44.8 Å². The molecule has 2 aromatic carbocycles.